The van der Waals surface area contributed by atoms with Gasteiger partial charge in [0.1, 0.15) is 11.6 Å². The molecule has 2 rings (SSSR count). The van der Waals surface area contributed by atoms with E-state index in [-0.39, 0.29) is 12.4 Å². The molecule has 0 saturated carbocycles. The van der Waals surface area contributed by atoms with Gasteiger partial charge < -0.3 is 14.2 Å². The molecule has 0 spiro atoms. The van der Waals surface area contributed by atoms with Gasteiger partial charge in [-0.15, -0.1) is 0 Å². The number of hydrazone groups is 1. The van der Waals surface area contributed by atoms with Crippen molar-refractivity contribution in [2.45, 2.75) is 20.8 Å². The van der Waals surface area contributed by atoms with Crippen LogP contribution >= 0.6 is 0 Å². The van der Waals surface area contributed by atoms with Crippen LogP contribution in [0.1, 0.15) is 26.3 Å². The Morgan fingerprint density at radius 3 is 2.48 bits per heavy atom. The molecule has 0 fully saturated rings. The van der Waals surface area contributed by atoms with Crippen LogP contribution < -0.4 is 19.6 Å². The van der Waals surface area contributed by atoms with E-state index in [4.69, 9.17) is 14.2 Å². The Hall–Kier alpha value is -3.09. The van der Waals surface area contributed by atoms with Crippen molar-refractivity contribution in [1.29, 1.82) is 0 Å². The number of amides is 1. The van der Waals surface area contributed by atoms with Gasteiger partial charge >= 0.3 is 0 Å². The average Bonchev–Trinajstić information content (AvgIpc) is 2.66. The number of hydrogen-bond acceptors (Lipinski definition) is 5. The highest BCUT2D eigenvalue weighted by atomic mass is 19.1. The molecule has 7 heteroatoms. The summed E-state index contributed by atoms with van der Waals surface area (Å²) in [6.07, 6.45) is 0. The first-order chi connectivity index (χ1) is 13.0. The molecule has 1 N–H and O–H groups in total. The first-order valence-electron chi connectivity index (χ1n) is 8.65. The Morgan fingerprint density at radius 2 is 1.78 bits per heavy atom. The maximum Gasteiger partial charge on any atom is 0.277 e. The minimum absolute atomic E-state index is 0.270. The highest BCUT2D eigenvalue weighted by Crippen LogP contribution is 2.28. The van der Waals surface area contributed by atoms with Gasteiger partial charge in [-0.2, -0.15) is 5.10 Å². The summed E-state index contributed by atoms with van der Waals surface area (Å²) < 4.78 is 29.4. The summed E-state index contributed by atoms with van der Waals surface area (Å²) in [6, 6.07) is 11.0. The van der Waals surface area contributed by atoms with E-state index in [1.165, 1.54) is 18.2 Å². The molecule has 144 valence electrons. The van der Waals surface area contributed by atoms with Gasteiger partial charge in [-0.05, 0) is 51.1 Å². The number of benzene rings is 2. The molecule has 0 aliphatic rings. The van der Waals surface area contributed by atoms with Crippen molar-refractivity contribution in [2.75, 3.05) is 19.8 Å². The third-order valence-corrected chi connectivity index (χ3v) is 3.48. The normalized spacial score (nSPS) is 11.0. The van der Waals surface area contributed by atoms with Crippen molar-refractivity contribution in [3.8, 4) is 17.2 Å². The number of nitrogens with one attached hydrogen (secondary N) is 1. The predicted molar refractivity (Wildman–Crippen MR) is 101 cm³/mol. The van der Waals surface area contributed by atoms with Gasteiger partial charge in [-0.3, -0.25) is 4.79 Å². The first kappa shape index (κ1) is 20.2. The van der Waals surface area contributed by atoms with E-state index in [2.05, 4.69) is 10.5 Å². The van der Waals surface area contributed by atoms with Gasteiger partial charge in [0.05, 0.1) is 18.9 Å². The number of carbonyl (C=O) groups is 1. The van der Waals surface area contributed by atoms with Crippen LogP contribution in [-0.2, 0) is 4.79 Å². The molecule has 1 amide bonds. The van der Waals surface area contributed by atoms with E-state index in [1.807, 2.05) is 26.0 Å². The van der Waals surface area contributed by atoms with E-state index < -0.39 is 11.7 Å². The quantitative estimate of drug-likeness (QED) is 0.538. The molecule has 27 heavy (non-hydrogen) atoms. The molecule has 0 bridgehead atoms. The molecule has 2 aromatic rings. The van der Waals surface area contributed by atoms with Crippen molar-refractivity contribution in [2.24, 2.45) is 5.10 Å². The van der Waals surface area contributed by atoms with Crippen LogP contribution in [0.2, 0.25) is 0 Å². The molecular formula is C20H23FN2O4. The summed E-state index contributed by atoms with van der Waals surface area (Å²) >= 11 is 0. The summed E-state index contributed by atoms with van der Waals surface area (Å²) in [6.45, 7) is 6.33. The van der Waals surface area contributed by atoms with E-state index in [9.17, 15) is 9.18 Å². The molecule has 0 aromatic heterocycles. The second-order valence-electron chi connectivity index (χ2n) is 5.51. The summed E-state index contributed by atoms with van der Waals surface area (Å²) in [5.41, 5.74) is 3.80. The average molecular weight is 374 g/mol. The minimum atomic E-state index is -0.449. The zero-order valence-electron chi connectivity index (χ0n) is 15.6. The van der Waals surface area contributed by atoms with Crippen LogP contribution in [0.25, 0.3) is 0 Å². The molecule has 0 atom stereocenters. The van der Waals surface area contributed by atoms with Crippen LogP contribution in [0.3, 0.4) is 0 Å². The lowest BCUT2D eigenvalue weighted by atomic mass is 10.1. The summed E-state index contributed by atoms with van der Waals surface area (Å²) in [5.74, 6) is 0.672. The topological polar surface area (TPSA) is 69.2 Å². The van der Waals surface area contributed by atoms with Crippen molar-refractivity contribution >= 4 is 11.6 Å². The maximum atomic E-state index is 13.1. The number of nitrogens with zero attached hydrogens (tertiary/aromatic N) is 1. The molecule has 0 radical (unpaired) electrons. The second kappa shape index (κ2) is 10.2. The van der Waals surface area contributed by atoms with E-state index in [0.717, 1.165) is 5.56 Å². The van der Waals surface area contributed by atoms with Gasteiger partial charge in [0, 0.05) is 11.6 Å². The number of ether oxygens (including phenoxy) is 3. The Kier molecular flexibility index (Phi) is 7.61. The Balaban J connectivity index is 1.97. The molecule has 0 unspecified atom stereocenters. The standard InChI is InChI=1S/C20H23FN2O4/c1-4-25-18-10-9-15(11-19(18)26-5-2)14(3)22-23-20(24)13-27-17-8-6-7-16(21)12-17/h6-12H,4-5,13H2,1-3H3,(H,23,24)/b22-14-. The molecule has 0 heterocycles. The monoisotopic (exact) mass is 374 g/mol. The highest BCUT2D eigenvalue weighted by molar-refractivity contribution is 5.99. The van der Waals surface area contributed by atoms with Gasteiger partial charge in [0.2, 0.25) is 0 Å². The summed E-state index contributed by atoms with van der Waals surface area (Å²) in [7, 11) is 0. The van der Waals surface area contributed by atoms with E-state index in [0.29, 0.717) is 30.4 Å². The SMILES string of the molecule is CCOc1ccc(/C(C)=N\NC(=O)COc2cccc(F)c2)cc1OCC. The van der Waals surface area contributed by atoms with Crippen molar-refractivity contribution in [3.63, 3.8) is 0 Å². The van der Waals surface area contributed by atoms with Gasteiger partial charge in [0.15, 0.2) is 18.1 Å². The zero-order chi connectivity index (χ0) is 19.6. The molecule has 0 saturated heterocycles. The number of halogens is 1. The van der Waals surface area contributed by atoms with Crippen molar-refractivity contribution < 1.29 is 23.4 Å². The van der Waals surface area contributed by atoms with E-state index >= 15 is 0 Å². The third-order valence-electron chi connectivity index (χ3n) is 3.48. The summed E-state index contributed by atoms with van der Waals surface area (Å²) in [4.78, 5) is 11.9. The van der Waals surface area contributed by atoms with Crippen molar-refractivity contribution in [1.82, 2.24) is 5.43 Å². The fourth-order valence-electron chi connectivity index (χ4n) is 2.22. The lowest BCUT2D eigenvalue weighted by Crippen LogP contribution is -2.25. The third kappa shape index (κ3) is 6.29. The molecular weight excluding hydrogens is 351 g/mol. The summed E-state index contributed by atoms with van der Waals surface area (Å²) in [5, 5.41) is 4.07. The van der Waals surface area contributed by atoms with Gasteiger partial charge in [-0.1, -0.05) is 6.07 Å². The number of carbonyl (C=O) groups excluding carboxylic acids is 1. The van der Waals surface area contributed by atoms with Crippen LogP contribution in [0, 0.1) is 5.82 Å². The predicted octanol–water partition coefficient (Wildman–Crippen LogP) is 3.54. The fraction of sp³-hybridized carbons (Fsp3) is 0.300. The largest absolute Gasteiger partial charge is 0.490 e. The van der Waals surface area contributed by atoms with Crippen LogP contribution in [0.15, 0.2) is 47.6 Å². The van der Waals surface area contributed by atoms with Crippen LogP contribution in [0.5, 0.6) is 17.2 Å². The fourth-order valence-corrected chi connectivity index (χ4v) is 2.22. The molecule has 0 aliphatic carbocycles. The number of rotatable bonds is 9. The van der Waals surface area contributed by atoms with Crippen LogP contribution in [0.4, 0.5) is 4.39 Å². The number of hydrogen-bond donors (Lipinski definition) is 1. The van der Waals surface area contributed by atoms with Gasteiger partial charge in [0.25, 0.3) is 5.91 Å². The zero-order valence-corrected chi connectivity index (χ0v) is 15.6. The van der Waals surface area contributed by atoms with Crippen LogP contribution in [-0.4, -0.2) is 31.4 Å². The Morgan fingerprint density at radius 1 is 1.04 bits per heavy atom. The van der Waals surface area contributed by atoms with Gasteiger partial charge in [-0.25, -0.2) is 9.82 Å². The van der Waals surface area contributed by atoms with Crippen molar-refractivity contribution in [3.05, 3.63) is 53.8 Å². The first-order valence-corrected chi connectivity index (χ1v) is 8.65. The maximum absolute atomic E-state index is 13.1. The smallest absolute Gasteiger partial charge is 0.277 e. The lowest BCUT2D eigenvalue weighted by Gasteiger charge is -2.12. The minimum Gasteiger partial charge on any atom is -0.490 e. The van der Waals surface area contributed by atoms with E-state index in [1.54, 1.807) is 19.1 Å². The Labute approximate surface area is 157 Å². The molecule has 2 aromatic carbocycles. The second-order valence-corrected chi connectivity index (χ2v) is 5.51. The molecule has 6 nitrogen and oxygen atoms in total. The highest BCUT2D eigenvalue weighted by Gasteiger charge is 2.09. The molecule has 0 aliphatic heterocycles. The lowest BCUT2D eigenvalue weighted by molar-refractivity contribution is -0.123. The Bertz CT molecular complexity index is 808.